The van der Waals surface area contributed by atoms with E-state index in [0.717, 1.165) is 0 Å². The monoisotopic (exact) mass is 533 g/mol. The fraction of sp³-hybridized carbons (Fsp3) is 0.421. The lowest BCUT2D eigenvalue weighted by atomic mass is 10.2. The summed E-state index contributed by atoms with van der Waals surface area (Å²) in [7, 11) is -1.44. The van der Waals surface area contributed by atoms with Crippen molar-refractivity contribution in [2.75, 3.05) is 25.5 Å². The molecule has 0 bridgehead atoms. The standard InChI is InChI=1S/C19H22ClF2N7O5S/c1-11(15(33-3)16-23-9-12(20)10-24-16)35(30,31)28-19-27-26-17(29(19)7-8-34-18(21)22)13-5-4-6-14(25-13)32-2/h4-6,9-11,15,18H,7-8H2,1-3H3,(H,27,28). The van der Waals surface area contributed by atoms with Crippen LogP contribution in [0.3, 0.4) is 0 Å². The maximum Gasteiger partial charge on any atom is 0.345 e. The van der Waals surface area contributed by atoms with E-state index in [0.29, 0.717) is 0 Å². The lowest BCUT2D eigenvalue weighted by Crippen LogP contribution is -2.33. The van der Waals surface area contributed by atoms with Gasteiger partial charge in [0.1, 0.15) is 17.0 Å². The summed E-state index contributed by atoms with van der Waals surface area (Å²) in [6.07, 6.45) is 1.58. The first kappa shape index (κ1) is 26.6. The molecule has 0 amide bonds. The molecule has 0 radical (unpaired) electrons. The van der Waals surface area contributed by atoms with Gasteiger partial charge in [-0.3, -0.25) is 9.29 Å². The Kier molecular flexibility index (Phi) is 8.82. The molecular weight excluding hydrogens is 512 g/mol. The van der Waals surface area contributed by atoms with Crippen molar-refractivity contribution in [2.24, 2.45) is 0 Å². The number of nitrogens with zero attached hydrogens (tertiary/aromatic N) is 6. The Labute approximate surface area is 204 Å². The third-order valence-electron chi connectivity index (χ3n) is 4.77. The molecule has 2 unspecified atom stereocenters. The highest BCUT2D eigenvalue weighted by Crippen LogP contribution is 2.26. The maximum atomic E-state index is 13.2. The molecule has 1 N–H and O–H groups in total. The number of hydrogen-bond donors (Lipinski definition) is 1. The van der Waals surface area contributed by atoms with Gasteiger partial charge in [0.25, 0.3) is 0 Å². The molecule has 2 atom stereocenters. The summed E-state index contributed by atoms with van der Waals surface area (Å²) in [5.41, 5.74) is 0.275. The Bertz CT molecular complexity index is 1230. The quantitative estimate of drug-likeness (QED) is 0.369. The molecule has 3 rings (SSSR count). The zero-order valence-corrected chi connectivity index (χ0v) is 20.4. The summed E-state index contributed by atoms with van der Waals surface area (Å²) < 4.78 is 69.8. The first-order valence-electron chi connectivity index (χ1n) is 10.0. The van der Waals surface area contributed by atoms with E-state index in [2.05, 4.69) is 34.6 Å². The van der Waals surface area contributed by atoms with Crippen LogP contribution in [-0.4, -0.2) is 70.8 Å². The third-order valence-corrected chi connectivity index (χ3v) is 6.66. The molecule has 12 nitrogen and oxygen atoms in total. The Morgan fingerprint density at radius 1 is 1.17 bits per heavy atom. The van der Waals surface area contributed by atoms with Crippen LogP contribution in [-0.2, 0) is 26.0 Å². The molecule has 3 aromatic heterocycles. The van der Waals surface area contributed by atoms with Crippen molar-refractivity contribution in [3.05, 3.63) is 41.4 Å². The van der Waals surface area contributed by atoms with Gasteiger partial charge in [-0.05, 0) is 13.0 Å². The van der Waals surface area contributed by atoms with Crippen LogP contribution in [0.1, 0.15) is 18.9 Å². The van der Waals surface area contributed by atoms with Crippen LogP contribution in [0.4, 0.5) is 14.7 Å². The first-order chi connectivity index (χ1) is 16.7. The number of rotatable bonds is 12. The van der Waals surface area contributed by atoms with E-state index in [9.17, 15) is 17.2 Å². The van der Waals surface area contributed by atoms with Crippen LogP contribution >= 0.6 is 11.6 Å². The second-order valence-electron chi connectivity index (χ2n) is 6.96. The topological polar surface area (TPSA) is 143 Å². The number of hydrogen-bond acceptors (Lipinski definition) is 10. The average Bonchev–Trinajstić information content (AvgIpc) is 3.22. The normalized spacial score (nSPS) is 13.6. The number of alkyl halides is 2. The second kappa shape index (κ2) is 11.6. The molecule has 0 saturated heterocycles. The zero-order valence-electron chi connectivity index (χ0n) is 18.8. The van der Waals surface area contributed by atoms with Crippen molar-refractivity contribution in [3.63, 3.8) is 0 Å². The number of sulfonamides is 1. The van der Waals surface area contributed by atoms with E-state index in [4.69, 9.17) is 21.1 Å². The molecular formula is C19H22ClF2N7O5S. The Morgan fingerprint density at radius 3 is 2.51 bits per heavy atom. The molecule has 0 fully saturated rings. The SMILES string of the molecule is COc1cccc(-c2nnc(NS(=O)(=O)C(C)C(OC)c3ncc(Cl)cn3)n2CCOC(F)F)n1. The number of aromatic nitrogens is 6. The molecule has 3 heterocycles. The maximum absolute atomic E-state index is 13.2. The summed E-state index contributed by atoms with van der Waals surface area (Å²) in [4.78, 5) is 12.3. The van der Waals surface area contributed by atoms with E-state index < -0.39 is 34.6 Å². The molecule has 0 aliphatic heterocycles. The highest BCUT2D eigenvalue weighted by atomic mass is 35.5. The van der Waals surface area contributed by atoms with Crippen LogP contribution in [0.2, 0.25) is 5.02 Å². The molecule has 0 saturated carbocycles. The van der Waals surface area contributed by atoms with Crippen molar-refractivity contribution in [1.29, 1.82) is 0 Å². The highest BCUT2D eigenvalue weighted by molar-refractivity contribution is 7.93. The van der Waals surface area contributed by atoms with Gasteiger partial charge in [0.15, 0.2) is 11.6 Å². The highest BCUT2D eigenvalue weighted by Gasteiger charge is 2.34. The van der Waals surface area contributed by atoms with E-state index in [1.54, 1.807) is 18.2 Å². The molecule has 190 valence electrons. The second-order valence-corrected chi connectivity index (χ2v) is 9.44. The molecule has 3 aromatic rings. The molecule has 16 heteroatoms. The molecule has 0 aliphatic rings. The van der Waals surface area contributed by atoms with Gasteiger partial charge in [-0.25, -0.2) is 23.4 Å². The zero-order chi connectivity index (χ0) is 25.6. The van der Waals surface area contributed by atoms with Gasteiger partial charge in [0, 0.05) is 25.6 Å². The fourth-order valence-electron chi connectivity index (χ4n) is 3.03. The summed E-state index contributed by atoms with van der Waals surface area (Å²) in [5.74, 6) is 0.239. The van der Waals surface area contributed by atoms with E-state index >= 15 is 0 Å². The van der Waals surface area contributed by atoms with Crippen molar-refractivity contribution in [2.45, 2.75) is 31.4 Å². The average molecular weight is 534 g/mol. The Balaban J connectivity index is 1.93. The summed E-state index contributed by atoms with van der Waals surface area (Å²) in [5, 5.41) is 6.96. The Hall–Kier alpha value is -3.01. The van der Waals surface area contributed by atoms with Gasteiger partial charge in [0.05, 0.1) is 25.3 Å². The van der Waals surface area contributed by atoms with Gasteiger partial charge >= 0.3 is 6.61 Å². The lowest BCUT2D eigenvalue weighted by molar-refractivity contribution is -0.130. The number of ether oxygens (including phenoxy) is 3. The van der Waals surface area contributed by atoms with Gasteiger partial charge in [0.2, 0.25) is 21.9 Å². The van der Waals surface area contributed by atoms with Crippen molar-refractivity contribution >= 4 is 27.6 Å². The van der Waals surface area contributed by atoms with Crippen LogP contribution in [0.25, 0.3) is 11.5 Å². The number of nitrogens with one attached hydrogen (secondary N) is 1. The fourth-order valence-corrected chi connectivity index (χ4v) is 4.27. The van der Waals surface area contributed by atoms with Gasteiger partial charge in [-0.2, -0.15) is 8.78 Å². The van der Waals surface area contributed by atoms with E-state index in [1.807, 2.05) is 0 Å². The van der Waals surface area contributed by atoms with E-state index in [1.165, 1.54) is 38.1 Å². The molecule has 0 spiro atoms. The lowest BCUT2D eigenvalue weighted by Gasteiger charge is -2.22. The van der Waals surface area contributed by atoms with Crippen molar-refractivity contribution in [1.82, 2.24) is 29.7 Å². The predicted molar refractivity (Wildman–Crippen MR) is 121 cm³/mol. The molecule has 35 heavy (non-hydrogen) atoms. The smallest absolute Gasteiger partial charge is 0.345 e. The van der Waals surface area contributed by atoms with Crippen LogP contribution in [0.5, 0.6) is 5.88 Å². The largest absolute Gasteiger partial charge is 0.481 e. The van der Waals surface area contributed by atoms with Crippen LogP contribution in [0, 0.1) is 0 Å². The number of anilines is 1. The van der Waals surface area contributed by atoms with Crippen LogP contribution < -0.4 is 9.46 Å². The Morgan fingerprint density at radius 2 is 1.89 bits per heavy atom. The molecule has 0 aromatic carbocycles. The van der Waals surface area contributed by atoms with Gasteiger partial charge < -0.3 is 14.2 Å². The summed E-state index contributed by atoms with van der Waals surface area (Å²) in [6, 6.07) is 4.81. The van der Waals surface area contributed by atoms with Gasteiger partial charge in [-0.15, -0.1) is 10.2 Å². The minimum atomic E-state index is -4.17. The summed E-state index contributed by atoms with van der Waals surface area (Å²) >= 11 is 5.80. The van der Waals surface area contributed by atoms with Crippen molar-refractivity contribution < 1.29 is 31.4 Å². The third kappa shape index (κ3) is 6.56. The minimum absolute atomic E-state index is 0.0999. The number of pyridine rings is 1. The summed E-state index contributed by atoms with van der Waals surface area (Å²) in [6.45, 7) is -2.27. The number of methoxy groups -OCH3 is 2. The number of halogens is 3. The van der Waals surface area contributed by atoms with Gasteiger partial charge in [-0.1, -0.05) is 17.7 Å². The minimum Gasteiger partial charge on any atom is -0.481 e. The predicted octanol–water partition coefficient (Wildman–Crippen LogP) is 2.55. The van der Waals surface area contributed by atoms with E-state index in [-0.39, 0.29) is 40.7 Å². The first-order valence-corrected chi connectivity index (χ1v) is 11.9. The van der Waals surface area contributed by atoms with Crippen LogP contribution in [0.15, 0.2) is 30.6 Å². The molecule has 0 aliphatic carbocycles. The van der Waals surface area contributed by atoms with Crippen molar-refractivity contribution in [3.8, 4) is 17.4 Å².